The van der Waals surface area contributed by atoms with Gasteiger partial charge in [-0.2, -0.15) is 0 Å². The molecule has 1 rings (SSSR count). The summed E-state index contributed by atoms with van der Waals surface area (Å²) in [7, 11) is 0. The second-order valence-corrected chi connectivity index (χ2v) is 4.23. The molecule has 0 bridgehead atoms. The molecule has 0 amide bonds. The van der Waals surface area contributed by atoms with E-state index in [1.54, 1.807) is 0 Å². The smallest absolute Gasteiger partial charge is 0.296 e. The molecule has 1 aromatic carbocycles. The minimum atomic E-state index is -0.614. The minimum absolute atomic E-state index is 0.0401. The maximum Gasteiger partial charge on any atom is 0.296 e. The maximum atomic E-state index is 13.5. The highest BCUT2D eigenvalue weighted by Crippen LogP contribution is 2.31. The highest BCUT2D eigenvalue weighted by atomic mass is 79.9. The van der Waals surface area contributed by atoms with Crippen LogP contribution < -0.4 is 5.32 Å². The van der Waals surface area contributed by atoms with E-state index in [1.807, 2.05) is 6.92 Å². The number of rotatable bonds is 5. The quantitative estimate of drug-likeness (QED) is 0.511. The molecule has 0 aliphatic heterocycles. The zero-order valence-electron chi connectivity index (χ0n) is 8.80. The highest BCUT2D eigenvalue weighted by Gasteiger charge is 2.18. The predicted octanol–water partition coefficient (Wildman–Crippen LogP) is 3.71. The van der Waals surface area contributed by atoms with E-state index < -0.39 is 10.7 Å². The molecule has 6 heteroatoms. The van der Waals surface area contributed by atoms with Crippen LogP contribution >= 0.6 is 15.9 Å². The molecule has 0 aliphatic rings. The van der Waals surface area contributed by atoms with Gasteiger partial charge in [0.05, 0.1) is 4.92 Å². The topological polar surface area (TPSA) is 55.2 Å². The van der Waals surface area contributed by atoms with Crippen molar-refractivity contribution in [2.24, 2.45) is 0 Å². The van der Waals surface area contributed by atoms with Gasteiger partial charge >= 0.3 is 0 Å². The largest absolute Gasteiger partial charge is 0.377 e. The van der Waals surface area contributed by atoms with Crippen LogP contribution in [0.15, 0.2) is 16.6 Å². The molecule has 16 heavy (non-hydrogen) atoms. The predicted molar refractivity (Wildman–Crippen MR) is 64.2 cm³/mol. The molecule has 88 valence electrons. The van der Waals surface area contributed by atoms with Crippen LogP contribution in [0.25, 0.3) is 0 Å². The summed E-state index contributed by atoms with van der Waals surface area (Å²) in [5, 5.41) is 13.5. The summed E-state index contributed by atoms with van der Waals surface area (Å²) in [4.78, 5) is 10.1. The average molecular weight is 291 g/mol. The molecule has 4 nitrogen and oxygen atoms in total. The lowest BCUT2D eigenvalue weighted by molar-refractivity contribution is -0.384. The lowest BCUT2D eigenvalue weighted by Gasteiger charge is -2.07. The number of anilines is 1. The molecule has 0 fully saturated rings. The highest BCUT2D eigenvalue weighted by molar-refractivity contribution is 9.10. The number of hydrogen-bond acceptors (Lipinski definition) is 3. The lowest BCUT2D eigenvalue weighted by Crippen LogP contribution is -2.06. The lowest BCUT2D eigenvalue weighted by atomic mass is 10.2. The number of halogens is 2. The van der Waals surface area contributed by atoms with Crippen LogP contribution in [0.3, 0.4) is 0 Å². The number of benzene rings is 1. The van der Waals surface area contributed by atoms with E-state index in [0.717, 1.165) is 12.8 Å². The Morgan fingerprint density at radius 2 is 2.25 bits per heavy atom. The number of hydrogen-bond donors (Lipinski definition) is 1. The molecule has 0 unspecified atom stereocenters. The summed E-state index contributed by atoms with van der Waals surface area (Å²) in [6.07, 6.45) is 1.78. The van der Waals surface area contributed by atoms with Crippen LogP contribution in [0.5, 0.6) is 0 Å². The Balaban J connectivity index is 2.99. The Morgan fingerprint density at radius 1 is 1.56 bits per heavy atom. The van der Waals surface area contributed by atoms with Crippen molar-refractivity contribution in [1.29, 1.82) is 0 Å². The van der Waals surface area contributed by atoms with Crippen LogP contribution in [0.1, 0.15) is 19.8 Å². The number of nitrogens with one attached hydrogen (secondary N) is 1. The van der Waals surface area contributed by atoms with Crippen LogP contribution in [0, 0.1) is 15.9 Å². The second kappa shape index (κ2) is 5.79. The number of nitrogens with zero attached hydrogens (tertiary/aromatic N) is 1. The van der Waals surface area contributed by atoms with E-state index in [9.17, 15) is 14.5 Å². The molecule has 0 radical (unpaired) electrons. The third-order valence-corrected chi connectivity index (χ3v) is 2.52. The fourth-order valence-corrected chi connectivity index (χ4v) is 1.69. The Labute approximate surface area is 101 Å². The van der Waals surface area contributed by atoms with Gasteiger partial charge in [-0.3, -0.25) is 10.1 Å². The average Bonchev–Trinajstić information content (AvgIpc) is 2.20. The SMILES string of the molecule is CCCCNc1c(F)cc(Br)cc1[N+](=O)[O-]. The van der Waals surface area contributed by atoms with Crippen LogP contribution in [0.4, 0.5) is 15.8 Å². The first kappa shape index (κ1) is 12.9. The molecule has 1 aromatic rings. The van der Waals surface area contributed by atoms with Gasteiger partial charge in [0.15, 0.2) is 5.82 Å². The first-order valence-electron chi connectivity index (χ1n) is 4.93. The van der Waals surface area contributed by atoms with E-state index in [2.05, 4.69) is 21.2 Å². The monoisotopic (exact) mass is 290 g/mol. The molecule has 0 spiro atoms. The first-order chi connectivity index (χ1) is 7.56. The van der Waals surface area contributed by atoms with Crippen molar-refractivity contribution in [2.45, 2.75) is 19.8 Å². The van der Waals surface area contributed by atoms with Crippen molar-refractivity contribution in [1.82, 2.24) is 0 Å². The third-order valence-electron chi connectivity index (χ3n) is 2.06. The van der Waals surface area contributed by atoms with Gasteiger partial charge in [0.2, 0.25) is 0 Å². The molecule has 0 aromatic heterocycles. The molecular weight excluding hydrogens is 279 g/mol. The normalized spacial score (nSPS) is 10.2. The van der Waals surface area contributed by atoms with E-state index in [0.29, 0.717) is 11.0 Å². The Morgan fingerprint density at radius 3 is 2.81 bits per heavy atom. The van der Waals surface area contributed by atoms with E-state index in [-0.39, 0.29) is 11.4 Å². The van der Waals surface area contributed by atoms with Crippen molar-refractivity contribution < 1.29 is 9.31 Å². The molecule has 0 heterocycles. The summed E-state index contributed by atoms with van der Waals surface area (Å²) in [5.74, 6) is -0.614. The summed E-state index contributed by atoms with van der Waals surface area (Å²) in [5.41, 5.74) is -0.287. The van der Waals surface area contributed by atoms with Crippen LogP contribution in [0.2, 0.25) is 0 Å². The van der Waals surface area contributed by atoms with Crippen molar-refractivity contribution >= 4 is 27.3 Å². The molecular formula is C10H12BrFN2O2. The summed E-state index contributed by atoms with van der Waals surface area (Å²) < 4.78 is 13.9. The zero-order valence-corrected chi connectivity index (χ0v) is 10.4. The number of nitro groups is 1. The second-order valence-electron chi connectivity index (χ2n) is 3.32. The van der Waals surface area contributed by atoms with Gasteiger partial charge in [-0.15, -0.1) is 0 Å². The number of nitro benzene ring substituents is 1. The van der Waals surface area contributed by atoms with Crippen LogP contribution in [-0.4, -0.2) is 11.5 Å². The molecule has 1 N–H and O–H groups in total. The summed E-state index contributed by atoms with van der Waals surface area (Å²) in [6.45, 7) is 2.52. The molecule has 0 atom stereocenters. The van der Waals surface area contributed by atoms with Gasteiger partial charge in [0.1, 0.15) is 5.69 Å². The van der Waals surface area contributed by atoms with Gasteiger partial charge in [0, 0.05) is 17.1 Å². The fourth-order valence-electron chi connectivity index (χ4n) is 1.27. The Hall–Kier alpha value is -1.17. The van der Waals surface area contributed by atoms with Crippen molar-refractivity contribution in [2.75, 3.05) is 11.9 Å². The van der Waals surface area contributed by atoms with Gasteiger partial charge in [-0.1, -0.05) is 29.3 Å². The molecule has 0 aliphatic carbocycles. The van der Waals surface area contributed by atoms with E-state index >= 15 is 0 Å². The third kappa shape index (κ3) is 3.16. The van der Waals surface area contributed by atoms with E-state index in [1.165, 1.54) is 12.1 Å². The van der Waals surface area contributed by atoms with Crippen molar-refractivity contribution in [3.8, 4) is 0 Å². The molecule has 0 saturated heterocycles. The Kier molecular flexibility index (Phi) is 4.67. The summed E-state index contributed by atoms with van der Waals surface area (Å²) in [6, 6.07) is 2.50. The van der Waals surface area contributed by atoms with Gasteiger partial charge in [0.25, 0.3) is 5.69 Å². The first-order valence-corrected chi connectivity index (χ1v) is 5.73. The molecule has 0 saturated carbocycles. The van der Waals surface area contributed by atoms with Crippen molar-refractivity contribution in [3.63, 3.8) is 0 Å². The van der Waals surface area contributed by atoms with Crippen LogP contribution in [-0.2, 0) is 0 Å². The fraction of sp³-hybridized carbons (Fsp3) is 0.400. The van der Waals surface area contributed by atoms with E-state index in [4.69, 9.17) is 0 Å². The minimum Gasteiger partial charge on any atom is -0.377 e. The maximum absolute atomic E-state index is 13.5. The summed E-state index contributed by atoms with van der Waals surface area (Å²) >= 11 is 3.03. The van der Waals surface area contributed by atoms with Crippen molar-refractivity contribution in [3.05, 3.63) is 32.5 Å². The Bertz CT molecular complexity index is 399. The number of unbranched alkanes of at least 4 members (excludes halogenated alkanes) is 1. The van der Waals surface area contributed by atoms with Gasteiger partial charge in [-0.05, 0) is 12.5 Å². The van der Waals surface area contributed by atoms with Gasteiger partial charge < -0.3 is 5.32 Å². The standard InChI is InChI=1S/C10H12BrFN2O2/c1-2-3-4-13-10-8(12)5-7(11)6-9(10)14(15)16/h5-6,13H,2-4H2,1H3. The zero-order chi connectivity index (χ0) is 12.1. The van der Waals surface area contributed by atoms with Gasteiger partial charge in [-0.25, -0.2) is 4.39 Å².